The zero-order valence-electron chi connectivity index (χ0n) is 10.7. The maximum atomic E-state index is 11.5. The van der Waals surface area contributed by atoms with Gasteiger partial charge >= 0.3 is 12.1 Å². The van der Waals surface area contributed by atoms with Crippen LogP contribution in [-0.2, 0) is 4.74 Å². The van der Waals surface area contributed by atoms with Crippen molar-refractivity contribution in [2.75, 3.05) is 11.1 Å². The fourth-order valence-corrected chi connectivity index (χ4v) is 2.17. The number of thiophene rings is 1. The smallest absolute Gasteiger partial charge is 0.412 e. The first kappa shape index (κ1) is 14.3. The molecule has 1 heterocycles. The van der Waals surface area contributed by atoms with Gasteiger partial charge in [0, 0.05) is 0 Å². The van der Waals surface area contributed by atoms with E-state index in [9.17, 15) is 9.59 Å². The van der Waals surface area contributed by atoms with E-state index in [4.69, 9.17) is 15.6 Å². The van der Waals surface area contributed by atoms with Crippen molar-refractivity contribution in [3.8, 4) is 0 Å². The van der Waals surface area contributed by atoms with Crippen molar-refractivity contribution in [2.45, 2.75) is 33.3 Å². The fourth-order valence-electron chi connectivity index (χ4n) is 1.22. The monoisotopic (exact) mass is 272 g/mol. The number of ether oxygens (including phenoxy) is 1. The first-order valence-electron chi connectivity index (χ1n) is 5.24. The molecule has 1 aromatic heterocycles. The quantitative estimate of drug-likeness (QED) is 0.768. The van der Waals surface area contributed by atoms with Gasteiger partial charge in [-0.3, -0.25) is 5.32 Å². The molecule has 7 heteroatoms. The highest BCUT2D eigenvalue weighted by atomic mass is 32.1. The predicted molar refractivity (Wildman–Crippen MR) is 70.3 cm³/mol. The van der Waals surface area contributed by atoms with E-state index in [1.807, 2.05) is 0 Å². The van der Waals surface area contributed by atoms with Crippen LogP contribution in [-0.4, -0.2) is 22.8 Å². The fraction of sp³-hybridized carbons (Fsp3) is 0.455. The van der Waals surface area contributed by atoms with Crippen LogP contribution in [0.5, 0.6) is 0 Å². The first-order chi connectivity index (χ1) is 8.11. The molecule has 0 spiro atoms. The summed E-state index contributed by atoms with van der Waals surface area (Å²) in [7, 11) is 0. The van der Waals surface area contributed by atoms with E-state index < -0.39 is 17.7 Å². The zero-order valence-corrected chi connectivity index (χ0v) is 11.5. The third kappa shape index (κ3) is 3.36. The van der Waals surface area contributed by atoms with E-state index in [1.54, 1.807) is 27.7 Å². The molecule has 0 aromatic carbocycles. The first-order valence-corrected chi connectivity index (χ1v) is 6.05. The highest BCUT2D eigenvalue weighted by Crippen LogP contribution is 2.35. The summed E-state index contributed by atoms with van der Waals surface area (Å²) in [6, 6.07) is 0. The summed E-state index contributed by atoms with van der Waals surface area (Å²) >= 11 is 0.912. The summed E-state index contributed by atoms with van der Waals surface area (Å²) in [4.78, 5) is 22.6. The third-order valence-electron chi connectivity index (χ3n) is 2.00. The summed E-state index contributed by atoms with van der Waals surface area (Å²) in [5, 5.41) is 11.7. The van der Waals surface area contributed by atoms with Gasteiger partial charge < -0.3 is 15.6 Å². The van der Waals surface area contributed by atoms with Gasteiger partial charge in [0.1, 0.15) is 15.5 Å². The lowest BCUT2D eigenvalue weighted by Crippen LogP contribution is -2.27. The Morgan fingerprint density at radius 3 is 2.33 bits per heavy atom. The minimum absolute atomic E-state index is 0.110. The molecule has 0 radical (unpaired) electrons. The van der Waals surface area contributed by atoms with Crippen LogP contribution in [0.3, 0.4) is 0 Å². The van der Waals surface area contributed by atoms with Gasteiger partial charge in [-0.15, -0.1) is 11.3 Å². The van der Waals surface area contributed by atoms with Gasteiger partial charge in [-0.25, -0.2) is 9.59 Å². The maximum absolute atomic E-state index is 11.5. The minimum atomic E-state index is -1.07. The van der Waals surface area contributed by atoms with Crippen LogP contribution < -0.4 is 11.1 Å². The van der Waals surface area contributed by atoms with Gasteiger partial charge in [-0.05, 0) is 33.3 Å². The van der Waals surface area contributed by atoms with E-state index in [0.29, 0.717) is 10.6 Å². The number of hydrogen-bond donors (Lipinski definition) is 3. The summed E-state index contributed by atoms with van der Waals surface area (Å²) < 4.78 is 5.06. The molecule has 0 aliphatic heterocycles. The lowest BCUT2D eigenvalue weighted by molar-refractivity contribution is 0.0634. The molecule has 100 valence electrons. The molecular weight excluding hydrogens is 256 g/mol. The van der Waals surface area contributed by atoms with Gasteiger partial charge in [0.05, 0.1) is 5.69 Å². The van der Waals surface area contributed by atoms with Gasteiger partial charge in [0.15, 0.2) is 0 Å². The van der Waals surface area contributed by atoms with Crippen molar-refractivity contribution in [1.29, 1.82) is 0 Å². The number of nitrogens with one attached hydrogen (secondary N) is 1. The SMILES string of the molecule is Cc1c(C(=O)O)sc(NC(=O)OC(C)(C)C)c1N. The van der Waals surface area contributed by atoms with Gasteiger partial charge in [-0.1, -0.05) is 0 Å². The Balaban J connectivity index is 2.89. The molecule has 6 nitrogen and oxygen atoms in total. The van der Waals surface area contributed by atoms with Crippen molar-refractivity contribution in [3.05, 3.63) is 10.4 Å². The number of anilines is 2. The molecule has 0 bridgehead atoms. The normalized spacial score (nSPS) is 11.1. The number of hydrogen-bond acceptors (Lipinski definition) is 5. The number of carboxylic acid groups (broad SMARTS) is 1. The predicted octanol–water partition coefficient (Wildman–Crippen LogP) is 2.68. The average molecular weight is 272 g/mol. The highest BCUT2D eigenvalue weighted by Gasteiger charge is 2.21. The summed E-state index contributed by atoms with van der Waals surface area (Å²) in [5.74, 6) is -1.07. The molecular formula is C11H16N2O4S. The van der Waals surface area contributed by atoms with Crippen LogP contribution in [0.2, 0.25) is 0 Å². The van der Waals surface area contributed by atoms with Crippen LogP contribution >= 0.6 is 11.3 Å². The number of aromatic carboxylic acids is 1. The van der Waals surface area contributed by atoms with Crippen molar-refractivity contribution in [2.24, 2.45) is 0 Å². The number of nitrogens with two attached hydrogens (primary N) is 1. The molecule has 1 amide bonds. The molecule has 0 saturated heterocycles. The largest absolute Gasteiger partial charge is 0.477 e. The summed E-state index contributed by atoms with van der Waals surface area (Å²) in [6.45, 7) is 6.80. The average Bonchev–Trinajstić information content (AvgIpc) is 2.43. The molecule has 0 aliphatic rings. The van der Waals surface area contributed by atoms with Crippen molar-refractivity contribution < 1.29 is 19.4 Å². The Morgan fingerprint density at radius 2 is 1.94 bits per heavy atom. The lowest BCUT2D eigenvalue weighted by Gasteiger charge is -2.19. The number of amides is 1. The Hall–Kier alpha value is -1.76. The maximum Gasteiger partial charge on any atom is 0.412 e. The Bertz CT molecular complexity index is 488. The molecule has 1 rings (SSSR count). The Kier molecular flexibility index (Phi) is 3.85. The van der Waals surface area contributed by atoms with Crippen LogP contribution in [0.15, 0.2) is 0 Å². The second-order valence-electron chi connectivity index (χ2n) is 4.73. The van der Waals surface area contributed by atoms with Crippen LogP contribution in [0.4, 0.5) is 15.5 Å². The molecule has 4 N–H and O–H groups in total. The number of rotatable bonds is 2. The van der Waals surface area contributed by atoms with Gasteiger partial charge in [0.25, 0.3) is 0 Å². The molecule has 0 aliphatic carbocycles. The molecule has 1 aromatic rings. The second kappa shape index (κ2) is 4.85. The number of carboxylic acids is 1. The van der Waals surface area contributed by atoms with Crippen molar-refractivity contribution in [3.63, 3.8) is 0 Å². The molecule has 0 unspecified atom stereocenters. The topological polar surface area (TPSA) is 102 Å². The molecule has 0 fully saturated rings. The summed E-state index contributed by atoms with van der Waals surface area (Å²) in [6.07, 6.45) is -0.660. The number of nitrogen functional groups attached to an aromatic ring is 1. The van der Waals surface area contributed by atoms with E-state index in [1.165, 1.54) is 0 Å². The Labute approximate surface area is 109 Å². The van der Waals surface area contributed by atoms with Gasteiger partial charge in [-0.2, -0.15) is 0 Å². The van der Waals surface area contributed by atoms with E-state index >= 15 is 0 Å². The van der Waals surface area contributed by atoms with Crippen LogP contribution in [0.1, 0.15) is 36.0 Å². The number of carbonyl (C=O) groups excluding carboxylic acids is 1. The van der Waals surface area contributed by atoms with E-state index in [2.05, 4.69) is 5.32 Å². The summed E-state index contributed by atoms with van der Waals surface area (Å²) in [5.41, 5.74) is 5.80. The minimum Gasteiger partial charge on any atom is -0.477 e. The van der Waals surface area contributed by atoms with Crippen molar-refractivity contribution >= 4 is 34.1 Å². The van der Waals surface area contributed by atoms with Crippen LogP contribution in [0.25, 0.3) is 0 Å². The lowest BCUT2D eigenvalue weighted by atomic mass is 10.2. The number of carbonyl (C=O) groups is 2. The van der Waals surface area contributed by atoms with Crippen molar-refractivity contribution in [1.82, 2.24) is 0 Å². The molecule has 0 atom stereocenters. The molecule has 18 heavy (non-hydrogen) atoms. The third-order valence-corrected chi connectivity index (χ3v) is 3.21. The standard InChI is InChI=1S/C11H16N2O4S/c1-5-6(12)8(18-7(5)9(14)15)13-10(16)17-11(2,3)4/h12H2,1-4H3,(H,13,16)(H,14,15). The zero-order chi connectivity index (χ0) is 14.1. The van der Waals surface area contributed by atoms with Gasteiger partial charge in [0.2, 0.25) is 0 Å². The van der Waals surface area contributed by atoms with Crippen LogP contribution in [0, 0.1) is 6.92 Å². The highest BCUT2D eigenvalue weighted by molar-refractivity contribution is 7.19. The second-order valence-corrected chi connectivity index (χ2v) is 5.75. The van der Waals surface area contributed by atoms with E-state index in [0.717, 1.165) is 11.3 Å². The Morgan fingerprint density at radius 1 is 1.39 bits per heavy atom. The molecule has 0 saturated carbocycles. The van der Waals surface area contributed by atoms with E-state index in [-0.39, 0.29) is 10.6 Å².